The number of aliphatic imine (C=N–C) groups is 1. The number of halogens is 1. The summed E-state index contributed by atoms with van der Waals surface area (Å²) in [6, 6.07) is 1.69. The normalized spacial score (nSPS) is 17.5. The molecule has 0 aromatic rings. The van der Waals surface area contributed by atoms with E-state index >= 15 is 0 Å². The maximum atomic E-state index is 10.9. The Labute approximate surface area is 95.0 Å². The van der Waals surface area contributed by atoms with Gasteiger partial charge in [0.25, 0.3) is 0 Å². The Bertz CT molecular complexity index is 481. The molecule has 0 saturated heterocycles. The Hall–Kier alpha value is -2.33. The molecule has 0 aromatic carbocycles. The van der Waals surface area contributed by atoms with Gasteiger partial charge in [0.1, 0.15) is 33.9 Å². The number of hydrogen-bond acceptors (Lipinski definition) is 5. The molecule has 5 N–H and O–H groups in total. The molecule has 1 aliphatic rings. The van der Waals surface area contributed by atoms with Crippen molar-refractivity contribution in [2.75, 3.05) is 0 Å². The summed E-state index contributed by atoms with van der Waals surface area (Å²) in [7, 11) is 0. The predicted octanol–water partition coefficient (Wildman–Crippen LogP) is -0.133. The van der Waals surface area contributed by atoms with E-state index in [0.29, 0.717) is 0 Å². The lowest BCUT2D eigenvalue weighted by atomic mass is 10.1. The van der Waals surface area contributed by atoms with Gasteiger partial charge in [0, 0.05) is 0 Å². The van der Waals surface area contributed by atoms with Gasteiger partial charge < -0.3 is 16.2 Å². The topological polar surface area (TPSA) is 135 Å². The summed E-state index contributed by atoms with van der Waals surface area (Å²) in [4.78, 5) is 14.5. The minimum atomic E-state index is -1.45. The number of nitriles is 1. The smallest absolute Gasteiger partial charge is 0.341 e. The Balaban J connectivity index is 3.50. The van der Waals surface area contributed by atoms with Crippen molar-refractivity contribution in [3.05, 3.63) is 22.0 Å². The lowest BCUT2D eigenvalue weighted by Crippen LogP contribution is -2.24. The molecule has 0 atom stereocenters. The van der Waals surface area contributed by atoms with Crippen molar-refractivity contribution in [3.8, 4) is 6.07 Å². The molecule has 0 spiro atoms. The van der Waals surface area contributed by atoms with Crippen LogP contribution in [0, 0.1) is 16.7 Å². The van der Waals surface area contributed by atoms with E-state index in [-0.39, 0.29) is 16.4 Å². The summed E-state index contributed by atoms with van der Waals surface area (Å²) in [5.74, 6) is -2.14. The maximum absolute atomic E-state index is 10.9. The summed E-state index contributed by atoms with van der Waals surface area (Å²) < 4.78 is 0. The predicted molar refractivity (Wildman–Crippen MR) is 56.7 cm³/mol. The number of nitrogens with one attached hydrogen (secondary N) is 2. The number of amidine groups is 1. The van der Waals surface area contributed by atoms with Crippen LogP contribution in [0.2, 0.25) is 0 Å². The number of hydrogen-bond donors (Lipinski definition) is 4. The van der Waals surface area contributed by atoms with Crippen LogP contribution in [0.1, 0.15) is 0 Å². The van der Waals surface area contributed by atoms with Crippen LogP contribution in [-0.4, -0.2) is 23.2 Å². The Morgan fingerprint density at radius 2 is 2.38 bits per heavy atom. The van der Waals surface area contributed by atoms with Gasteiger partial charge in [-0.3, -0.25) is 5.41 Å². The van der Waals surface area contributed by atoms with E-state index in [0.717, 1.165) is 6.34 Å². The van der Waals surface area contributed by atoms with E-state index in [1.807, 2.05) is 0 Å². The second-order valence-electron chi connectivity index (χ2n) is 2.65. The number of carbonyl (C=O) groups is 1. The average molecular weight is 240 g/mol. The quantitative estimate of drug-likeness (QED) is 0.230. The fourth-order valence-electron chi connectivity index (χ4n) is 1.03. The summed E-state index contributed by atoms with van der Waals surface area (Å²) in [6.45, 7) is 0. The zero-order chi connectivity index (χ0) is 12.3. The first kappa shape index (κ1) is 11.7. The first-order valence-electron chi connectivity index (χ1n) is 3.90. The van der Waals surface area contributed by atoms with Gasteiger partial charge >= 0.3 is 5.97 Å². The molecule has 1 rings (SSSR count). The Morgan fingerprint density at radius 3 is 2.81 bits per heavy atom. The van der Waals surface area contributed by atoms with E-state index in [4.69, 9.17) is 33.1 Å². The molecular formula is C8H6ClN5O2. The average Bonchev–Trinajstić information content (AvgIpc) is 2.16. The van der Waals surface area contributed by atoms with Crippen LogP contribution in [0.5, 0.6) is 0 Å². The largest absolute Gasteiger partial charge is 0.477 e. The van der Waals surface area contributed by atoms with E-state index in [1.54, 1.807) is 6.07 Å². The minimum Gasteiger partial charge on any atom is -0.477 e. The lowest BCUT2D eigenvalue weighted by Gasteiger charge is -2.12. The molecular weight excluding hydrogens is 234 g/mol. The van der Waals surface area contributed by atoms with Crippen molar-refractivity contribution >= 4 is 29.7 Å². The third kappa shape index (κ3) is 2.02. The third-order valence-corrected chi connectivity index (χ3v) is 1.97. The van der Waals surface area contributed by atoms with Gasteiger partial charge in [-0.2, -0.15) is 5.26 Å². The van der Waals surface area contributed by atoms with Gasteiger partial charge in [-0.25, -0.2) is 9.79 Å². The molecule has 0 radical (unpaired) electrons. The zero-order valence-corrected chi connectivity index (χ0v) is 8.54. The van der Waals surface area contributed by atoms with Gasteiger partial charge in [-0.05, 0) is 0 Å². The van der Waals surface area contributed by atoms with Crippen LogP contribution in [0.15, 0.2) is 27.0 Å². The highest BCUT2D eigenvalue weighted by atomic mass is 35.5. The molecule has 0 bridgehead atoms. The third-order valence-electron chi connectivity index (χ3n) is 1.67. The van der Waals surface area contributed by atoms with Crippen LogP contribution < -0.4 is 11.1 Å². The van der Waals surface area contributed by atoms with Crippen molar-refractivity contribution in [3.63, 3.8) is 0 Å². The first-order valence-corrected chi connectivity index (χ1v) is 4.28. The first-order chi connectivity index (χ1) is 7.49. The minimum absolute atomic E-state index is 0.0625. The van der Waals surface area contributed by atoms with Crippen molar-refractivity contribution in [2.45, 2.75) is 0 Å². The number of nitrogens with zero attached hydrogens (tertiary/aromatic N) is 2. The van der Waals surface area contributed by atoms with Crippen molar-refractivity contribution in [2.24, 2.45) is 10.7 Å². The fourth-order valence-corrected chi connectivity index (χ4v) is 1.21. The highest BCUT2D eigenvalue weighted by molar-refractivity contribution is 6.31. The number of rotatable bonds is 2. The highest BCUT2D eigenvalue weighted by Gasteiger charge is 2.24. The fraction of sp³-hybridized carbons (Fsp3) is 0. The van der Waals surface area contributed by atoms with Crippen LogP contribution >= 0.6 is 11.6 Å². The maximum Gasteiger partial charge on any atom is 0.341 e. The molecule has 0 aromatic heterocycles. The molecule has 16 heavy (non-hydrogen) atoms. The standard InChI is InChI=1S/C8H6ClN5O2/c9-6-3(1-10)5(13-2-14-6)4(7(11)12)8(15)16/h2H,(H3,11,12)(H,13,14)(H,15,16)/b5-4+. The Morgan fingerprint density at radius 1 is 1.75 bits per heavy atom. The van der Waals surface area contributed by atoms with Crippen LogP contribution in [0.4, 0.5) is 0 Å². The molecule has 0 aliphatic carbocycles. The molecule has 0 unspecified atom stereocenters. The monoisotopic (exact) mass is 239 g/mol. The molecule has 8 heteroatoms. The number of nitrogens with two attached hydrogens (primary N) is 1. The van der Waals surface area contributed by atoms with Gasteiger partial charge in [0.05, 0.1) is 6.34 Å². The summed E-state index contributed by atoms with van der Waals surface area (Å²) in [6.07, 6.45) is 1.12. The Kier molecular flexibility index (Phi) is 3.27. The zero-order valence-electron chi connectivity index (χ0n) is 7.78. The SMILES string of the molecule is N#CC1=C(Cl)NC=N/C1=C(\C(=N)N)C(=O)O. The second-order valence-corrected chi connectivity index (χ2v) is 3.02. The van der Waals surface area contributed by atoms with Crippen LogP contribution in [-0.2, 0) is 4.79 Å². The van der Waals surface area contributed by atoms with Gasteiger partial charge in [0.15, 0.2) is 0 Å². The molecule has 82 valence electrons. The van der Waals surface area contributed by atoms with Gasteiger partial charge in [-0.15, -0.1) is 0 Å². The summed E-state index contributed by atoms with van der Waals surface area (Å²) in [5, 5.41) is 27.1. The second kappa shape index (κ2) is 4.46. The molecule has 1 heterocycles. The number of aliphatic carboxylic acids is 1. The van der Waals surface area contributed by atoms with Gasteiger partial charge in [0.2, 0.25) is 0 Å². The molecule has 0 amide bonds. The highest BCUT2D eigenvalue weighted by Crippen LogP contribution is 2.22. The van der Waals surface area contributed by atoms with E-state index in [2.05, 4.69) is 10.3 Å². The molecule has 1 aliphatic heterocycles. The van der Waals surface area contributed by atoms with Crippen molar-refractivity contribution < 1.29 is 9.90 Å². The van der Waals surface area contributed by atoms with E-state index in [9.17, 15) is 4.79 Å². The van der Waals surface area contributed by atoms with E-state index in [1.165, 1.54) is 0 Å². The lowest BCUT2D eigenvalue weighted by molar-refractivity contribution is -0.132. The van der Waals surface area contributed by atoms with Crippen molar-refractivity contribution in [1.29, 1.82) is 10.7 Å². The summed E-state index contributed by atoms with van der Waals surface area (Å²) >= 11 is 5.65. The van der Waals surface area contributed by atoms with Gasteiger partial charge in [-0.1, -0.05) is 11.6 Å². The van der Waals surface area contributed by atoms with Crippen LogP contribution in [0.25, 0.3) is 0 Å². The molecule has 7 nitrogen and oxygen atoms in total. The molecule has 0 saturated carbocycles. The molecule has 0 fully saturated rings. The van der Waals surface area contributed by atoms with Crippen LogP contribution in [0.3, 0.4) is 0 Å². The number of allylic oxidation sites excluding steroid dienone is 1. The number of carboxylic acids is 1. The summed E-state index contributed by atoms with van der Waals surface area (Å²) in [5.41, 5.74) is 4.14. The van der Waals surface area contributed by atoms with E-state index < -0.39 is 17.4 Å². The number of carboxylic acid groups (broad SMARTS) is 1. The van der Waals surface area contributed by atoms with Crippen molar-refractivity contribution in [1.82, 2.24) is 5.32 Å².